The normalized spacial score (nSPS) is 23.4. The quantitative estimate of drug-likeness (QED) is 0.852. The van der Waals surface area contributed by atoms with E-state index in [-0.39, 0.29) is 11.7 Å². The van der Waals surface area contributed by atoms with Crippen molar-refractivity contribution in [1.82, 2.24) is 9.80 Å². The number of hydrogen-bond donors (Lipinski definition) is 1. The smallest absolute Gasteiger partial charge is 0.254 e. The van der Waals surface area contributed by atoms with Crippen molar-refractivity contribution < 1.29 is 9.90 Å². The van der Waals surface area contributed by atoms with Crippen molar-refractivity contribution in [3.63, 3.8) is 0 Å². The lowest BCUT2D eigenvalue weighted by Gasteiger charge is -2.26. The zero-order valence-electron chi connectivity index (χ0n) is 12.0. The summed E-state index contributed by atoms with van der Waals surface area (Å²) >= 11 is 0. The van der Waals surface area contributed by atoms with E-state index in [4.69, 9.17) is 0 Å². The number of nitrogens with zero attached hydrogens (tertiary/aromatic N) is 2. The molecule has 108 valence electrons. The molecular formula is C16H22N2O2. The van der Waals surface area contributed by atoms with Crippen LogP contribution in [0, 0.1) is 6.92 Å². The van der Waals surface area contributed by atoms with Crippen LogP contribution in [0.3, 0.4) is 0 Å². The van der Waals surface area contributed by atoms with Crippen molar-refractivity contribution in [3.8, 4) is 5.75 Å². The first-order valence-electron chi connectivity index (χ1n) is 7.48. The van der Waals surface area contributed by atoms with Crippen LogP contribution in [0.5, 0.6) is 5.75 Å². The molecule has 1 N–H and O–H groups in total. The third-order valence-corrected chi connectivity index (χ3v) is 4.53. The van der Waals surface area contributed by atoms with Crippen molar-refractivity contribution in [2.45, 2.75) is 32.2 Å². The summed E-state index contributed by atoms with van der Waals surface area (Å²) in [5, 5.41) is 9.47. The zero-order valence-corrected chi connectivity index (χ0v) is 12.0. The summed E-state index contributed by atoms with van der Waals surface area (Å²) in [6.45, 7) is 5.87. The number of carbonyl (C=O) groups is 1. The number of amides is 1. The molecule has 4 heteroatoms. The number of rotatable bonds is 1. The molecule has 1 amide bonds. The summed E-state index contributed by atoms with van der Waals surface area (Å²) in [5.74, 6) is 0.327. The fourth-order valence-corrected chi connectivity index (χ4v) is 3.45. The lowest BCUT2D eigenvalue weighted by molar-refractivity contribution is 0.0742. The lowest BCUT2D eigenvalue weighted by atomic mass is 10.1. The van der Waals surface area contributed by atoms with Crippen LogP contribution in [0.15, 0.2) is 18.2 Å². The average molecular weight is 274 g/mol. The van der Waals surface area contributed by atoms with Crippen molar-refractivity contribution >= 4 is 5.91 Å². The number of benzene rings is 1. The van der Waals surface area contributed by atoms with E-state index < -0.39 is 0 Å². The van der Waals surface area contributed by atoms with Gasteiger partial charge >= 0.3 is 0 Å². The van der Waals surface area contributed by atoms with Gasteiger partial charge in [-0.05, 0) is 56.5 Å². The maximum absolute atomic E-state index is 12.7. The molecule has 20 heavy (non-hydrogen) atoms. The van der Waals surface area contributed by atoms with Gasteiger partial charge in [0.15, 0.2) is 0 Å². The van der Waals surface area contributed by atoms with Gasteiger partial charge in [0.1, 0.15) is 5.75 Å². The third kappa shape index (κ3) is 2.52. The van der Waals surface area contributed by atoms with Crippen LogP contribution in [0.25, 0.3) is 0 Å². The topological polar surface area (TPSA) is 43.8 Å². The third-order valence-electron chi connectivity index (χ3n) is 4.53. The standard InChI is InChI=1S/C16H22N2O2/c1-12-10-14(19)5-6-15(12)16(20)18-9-3-8-17-7-2-4-13(17)11-18/h5-6,10,13,19H,2-4,7-9,11H2,1H3. The molecule has 1 atom stereocenters. The number of aryl methyl sites for hydroxylation is 1. The van der Waals surface area contributed by atoms with Gasteiger partial charge in [-0.2, -0.15) is 0 Å². The average Bonchev–Trinajstić information content (AvgIpc) is 2.75. The first-order valence-corrected chi connectivity index (χ1v) is 7.48. The van der Waals surface area contributed by atoms with E-state index in [0.29, 0.717) is 11.6 Å². The summed E-state index contributed by atoms with van der Waals surface area (Å²) < 4.78 is 0. The molecule has 0 aromatic heterocycles. The summed E-state index contributed by atoms with van der Waals surface area (Å²) in [6, 6.07) is 5.54. The SMILES string of the molecule is Cc1cc(O)ccc1C(=O)N1CCCN2CCCC2C1. The fourth-order valence-electron chi connectivity index (χ4n) is 3.45. The molecule has 0 radical (unpaired) electrons. The molecule has 0 aliphatic carbocycles. The Kier molecular flexibility index (Phi) is 3.66. The fraction of sp³-hybridized carbons (Fsp3) is 0.562. The van der Waals surface area contributed by atoms with Gasteiger partial charge in [-0.15, -0.1) is 0 Å². The van der Waals surface area contributed by atoms with Gasteiger partial charge < -0.3 is 10.0 Å². The molecular weight excluding hydrogens is 252 g/mol. The number of fused-ring (bicyclic) bond motifs is 1. The Morgan fingerprint density at radius 1 is 1.25 bits per heavy atom. The van der Waals surface area contributed by atoms with Crippen molar-refractivity contribution in [1.29, 1.82) is 0 Å². The van der Waals surface area contributed by atoms with Crippen molar-refractivity contribution in [2.75, 3.05) is 26.2 Å². The second-order valence-corrected chi connectivity index (χ2v) is 5.94. The van der Waals surface area contributed by atoms with E-state index in [9.17, 15) is 9.90 Å². The predicted octanol–water partition coefficient (Wildman–Crippen LogP) is 2.01. The van der Waals surface area contributed by atoms with Gasteiger partial charge in [-0.1, -0.05) is 0 Å². The Bertz CT molecular complexity index is 515. The van der Waals surface area contributed by atoms with E-state index >= 15 is 0 Å². The Balaban J connectivity index is 1.79. The molecule has 2 aliphatic heterocycles. The van der Waals surface area contributed by atoms with Crippen LogP contribution >= 0.6 is 0 Å². The van der Waals surface area contributed by atoms with Crippen molar-refractivity contribution in [2.24, 2.45) is 0 Å². The molecule has 1 aromatic rings. The molecule has 0 saturated carbocycles. The van der Waals surface area contributed by atoms with E-state index in [0.717, 1.165) is 31.6 Å². The van der Waals surface area contributed by atoms with Crippen LogP contribution in [0.1, 0.15) is 35.2 Å². The summed E-state index contributed by atoms with van der Waals surface area (Å²) in [7, 11) is 0. The van der Waals surface area contributed by atoms with Gasteiger partial charge in [-0.25, -0.2) is 0 Å². The molecule has 2 aliphatic rings. The molecule has 1 unspecified atom stereocenters. The van der Waals surface area contributed by atoms with E-state index in [1.54, 1.807) is 18.2 Å². The molecule has 4 nitrogen and oxygen atoms in total. The van der Waals surface area contributed by atoms with E-state index in [1.165, 1.54) is 19.4 Å². The molecule has 1 aromatic carbocycles. The van der Waals surface area contributed by atoms with E-state index in [1.807, 2.05) is 11.8 Å². The van der Waals surface area contributed by atoms with Crippen LogP contribution in [0.4, 0.5) is 0 Å². The monoisotopic (exact) mass is 274 g/mol. The predicted molar refractivity (Wildman–Crippen MR) is 78.0 cm³/mol. The molecule has 3 rings (SSSR count). The summed E-state index contributed by atoms with van der Waals surface area (Å²) in [6.07, 6.45) is 3.52. The number of phenolic OH excluding ortho intramolecular Hbond substituents is 1. The molecule has 2 heterocycles. The van der Waals surface area contributed by atoms with Gasteiger partial charge in [0.05, 0.1) is 0 Å². The van der Waals surface area contributed by atoms with Gasteiger partial charge in [0.25, 0.3) is 5.91 Å². The minimum Gasteiger partial charge on any atom is -0.508 e. The van der Waals surface area contributed by atoms with Crippen molar-refractivity contribution in [3.05, 3.63) is 29.3 Å². The number of phenols is 1. The maximum Gasteiger partial charge on any atom is 0.254 e. The highest BCUT2D eigenvalue weighted by molar-refractivity contribution is 5.95. The number of carbonyl (C=O) groups excluding carboxylic acids is 1. The molecule has 2 saturated heterocycles. The molecule has 0 bridgehead atoms. The highest BCUT2D eigenvalue weighted by Crippen LogP contribution is 2.23. The Morgan fingerprint density at radius 2 is 2.05 bits per heavy atom. The zero-order chi connectivity index (χ0) is 14.1. The minimum atomic E-state index is 0.108. The first kappa shape index (κ1) is 13.4. The van der Waals surface area contributed by atoms with Gasteiger partial charge in [0.2, 0.25) is 0 Å². The van der Waals surface area contributed by atoms with Crippen LogP contribution in [0.2, 0.25) is 0 Å². The highest BCUT2D eigenvalue weighted by atomic mass is 16.3. The number of hydrogen-bond acceptors (Lipinski definition) is 3. The Labute approximate surface area is 120 Å². The van der Waals surface area contributed by atoms with Crippen LogP contribution < -0.4 is 0 Å². The second kappa shape index (κ2) is 5.44. The minimum absolute atomic E-state index is 0.108. The summed E-state index contributed by atoms with van der Waals surface area (Å²) in [4.78, 5) is 17.2. The lowest BCUT2D eigenvalue weighted by Crippen LogP contribution is -2.39. The Hall–Kier alpha value is -1.55. The number of aromatic hydroxyl groups is 1. The van der Waals surface area contributed by atoms with Gasteiger partial charge in [0, 0.05) is 31.2 Å². The summed E-state index contributed by atoms with van der Waals surface area (Å²) in [5.41, 5.74) is 1.57. The van der Waals surface area contributed by atoms with Crippen LogP contribution in [-0.4, -0.2) is 53.0 Å². The highest BCUT2D eigenvalue weighted by Gasteiger charge is 2.31. The second-order valence-electron chi connectivity index (χ2n) is 5.94. The maximum atomic E-state index is 12.7. The molecule has 0 spiro atoms. The molecule has 2 fully saturated rings. The largest absolute Gasteiger partial charge is 0.508 e. The van der Waals surface area contributed by atoms with Gasteiger partial charge in [-0.3, -0.25) is 9.69 Å². The first-order chi connectivity index (χ1) is 9.65. The van der Waals surface area contributed by atoms with Crippen LogP contribution in [-0.2, 0) is 0 Å². The Morgan fingerprint density at radius 3 is 2.85 bits per heavy atom. The van der Waals surface area contributed by atoms with E-state index in [2.05, 4.69) is 4.90 Å².